The number of nitrogens with zero attached hydrogens (tertiary/aromatic N) is 2. The minimum absolute atomic E-state index is 0.216. The highest BCUT2D eigenvalue weighted by atomic mass is 32.1. The Balaban J connectivity index is 1.50. The van der Waals surface area contributed by atoms with Crippen LogP contribution in [0.15, 0.2) is 24.3 Å². The number of anilines is 1. The average Bonchev–Trinajstić information content (AvgIpc) is 3.32. The van der Waals surface area contributed by atoms with Crippen LogP contribution in [0.1, 0.15) is 36.3 Å². The first-order chi connectivity index (χ1) is 11.2. The van der Waals surface area contributed by atoms with Crippen LogP contribution >= 0.6 is 11.3 Å². The van der Waals surface area contributed by atoms with Crippen LogP contribution in [0.2, 0.25) is 0 Å². The van der Waals surface area contributed by atoms with Gasteiger partial charge in [-0.25, -0.2) is 0 Å². The third-order valence-corrected chi connectivity index (χ3v) is 4.60. The van der Waals surface area contributed by atoms with Crippen molar-refractivity contribution in [2.24, 2.45) is 0 Å². The van der Waals surface area contributed by atoms with E-state index in [1.807, 2.05) is 24.3 Å². The number of nitrogens with one attached hydrogen (secondary N) is 1. The van der Waals surface area contributed by atoms with Crippen LogP contribution in [0.25, 0.3) is 0 Å². The van der Waals surface area contributed by atoms with Crippen molar-refractivity contribution < 1.29 is 14.3 Å². The average molecular weight is 333 g/mol. The lowest BCUT2D eigenvalue weighted by Crippen LogP contribution is -2.27. The summed E-state index contributed by atoms with van der Waals surface area (Å²) in [7, 11) is 1.62. The van der Waals surface area contributed by atoms with E-state index in [0.717, 1.165) is 16.3 Å². The predicted octanol–water partition coefficient (Wildman–Crippen LogP) is 2.97. The molecule has 0 aliphatic heterocycles. The molecule has 3 rings (SSSR count). The molecule has 1 atom stereocenters. The van der Waals surface area contributed by atoms with Gasteiger partial charge in [0.15, 0.2) is 0 Å². The predicted molar refractivity (Wildman–Crippen MR) is 87.8 cm³/mol. The molecule has 1 aromatic heterocycles. The monoisotopic (exact) mass is 333 g/mol. The summed E-state index contributed by atoms with van der Waals surface area (Å²) in [5, 5.41) is 12.4. The van der Waals surface area contributed by atoms with Crippen LogP contribution in [0.3, 0.4) is 0 Å². The van der Waals surface area contributed by atoms with Gasteiger partial charge in [0.25, 0.3) is 5.91 Å². The van der Waals surface area contributed by atoms with Crippen molar-refractivity contribution in [3.63, 3.8) is 0 Å². The maximum Gasteiger partial charge on any atom is 0.255 e. The maximum absolute atomic E-state index is 12.1. The van der Waals surface area contributed by atoms with Gasteiger partial charge in [-0.1, -0.05) is 23.5 Å². The lowest BCUT2D eigenvalue weighted by molar-refractivity contribution is -0.127. The molecule has 7 heteroatoms. The maximum atomic E-state index is 12.1. The van der Waals surface area contributed by atoms with Crippen LogP contribution in [-0.2, 0) is 16.1 Å². The lowest BCUT2D eigenvalue weighted by Gasteiger charge is -2.12. The lowest BCUT2D eigenvalue weighted by atomic mass is 10.2. The van der Waals surface area contributed by atoms with E-state index in [1.165, 1.54) is 24.2 Å². The summed E-state index contributed by atoms with van der Waals surface area (Å²) in [6.07, 6.45) is 1.76. The number of aromatic nitrogens is 2. The van der Waals surface area contributed by atoms with Crippen molar-refractivity contribution in [1.29, 1.82) is 0 Å². The molecule has 122 valence electrons. The van der Waals surface area contributed by atoms with E-state index in [4.69, 9.17) is 9.47 Å². The molecule has 0 saturated heterocycles. The second-order valence-electron chi connectivity index (χ2n) is 5.51. The van der Waals surface area contributed by atoms with E-state index in [9.17, 15) is 4.79 Å². The molecule has 0 bridgehead atoms. The summed E-state index contributed by atoms with van der Waals surface area (Å²) >= 11 is 1.44. The third kappa shape index (κ3) is 4.27. The minimum atomic E-state index is -0.575. The van der Waals surface area contributed by atoms with Crippen molar-refractivity contribution >= 4 is 22.4 Å². The van der Waals surface area contributed by atoms with Gasteiger partial charge in [0.1, 0.15) is 16.9 Å². The van der Waals surface area contributed by atoms with Gasteiger partial charge in [-0.2, -0.15) is 0 Å². The summed E-state index contributed by atoms with van der Waals surface area (Å²) in [5.41, 5.74) is 0.955. The molecule has 1 aromatic carbocycles. The molecule has 1 aliphatic carbocycles. The first-order valence-electron chi connectivity index (χ1n) is 7.54. The van der Waals surface area contributed by atoms with Crippen molar-refractivity contribution in [2.75, 3.05) is 12.4 Å². The van der Waals surface area contributed by atoms with E-state index < -0.39 is 6.10 Å². The molecule has 1 amide bonds. The van der Waals surface area contributed by atoms with Crippen LogP contribution in [0.5, 0.6) is 5.75 Å². The van der Waals surface area contributed by atoms with Gasteiger partial charge in [0.2, 0.25) is 5.13 Å². The second-order valence-corrected chi connectivity index (χ2v) is 6.52. The standard InChI is InChI=1S/C16H19N3O3S/c1-10(22-9-11-4-3-5-13(8-11)21-2)14(20)17-16-19-18-15(23-16)12-6-7-12/h3-5,8,10,12H,6-7,9H2,1-2H3,(H,17,19,20). The minimum Gasteiger partial charge on any atom is -0.497 e. The molecule has 1 N–H and O–H groups in total. The van der Waals surface area contributed by atoms with Gasteiger partial charge in [-0.15, -0.1) is 10.2 Å². The largest absolute Gasteiger partial charge is 0.497 e. The van der Waals surface area contributed by atoms with Gasteiger partial charge in [0, 0.05) is 5.92 Å². The topological polar surface area (TPSA) is 73.3 Å². The number of carbonyl (C=O) groups excluding carboxylic acids is 1. The first kappa shape index (κ1) is 15.9. The van der Waals surface area contributed by atoms with Gasteiger partial charge in [0.05, 0.1) is 13.7 Å². The number of hydrogen-bond donors (Lipinski definition) is 1. The number of amides is 1. The van der Waals surface area contributed by atoms with E-state index in [0.29, 0.717) is 17.7 Å². The molecule has 1 aliphatic rings. The summed E-state index contributed by atoms with van der Waals surface area (Å²) < 4.78 is 10.8. The normalized spacial score (nSPS) is 15.2. The number of carbonyl (C=O) groups is 1. The number of hydrogen-bond acceptors (Lipinski definition) is 6. The molecular weight excluding hydrogens is 314 g/mol. The van der Waals surface area contributed by atoms with Gasteiger partial charge < -0.3 is 9.47 Å². The zero-order valence-electron chi connectivity index (χ0n) is 13.1. The summed E-state index contributed by atoms with van der Waals surface area (Å²) in [5.74, 6) is 1.09. The van der Waals surface area contributed by atoms with E-state index in [1.54, 1.807) is 14.0 Å². The molecule has 1 unspecified atom stereocenters. The molecule has 1 saturated carbocycles. The first-order valence-corrected chi connectivity index (χ1v) is 8.36. The Bertz CT molecular complexity index is 685. The fourth-order valence-electron chi connectivity index (χ4n) is 2.05. The highest BCUT2D eigenvalue weighted by Gasteiger charge is 2.28. The van der Waals surface area contributed by atoms with Gasteiger partial charge >= 0.3 is 0 Å². The Labute approximate surface area is 138 Å². The highest BCUT2D eigenvalue weighted by Crippen LogP contribution is 2.42. The smallest absolute Gasteiger partial charge is 0.255 e. The van der Waals surface area contributed by atoms with Crippen LogP contribution < -0.4 is 10.1 Å². The van der Waals surface area contributed by atoms with Gasteiger partial charge in [-0.05, 0) is 37.5 Å². The van der Waals surface area contributed by atoms with E-state index in [-0.39, 0.29) is 5.91 Å². The number of ether oxygens (including phenoxy) is 2. The summed E-state index contributed by atoms with van der Waals surface area (Å²) in [4.78, 5) is 12.1. The fraction of sp³-hybridized carbons (Fsp3) is 0.438. The highest BCUT2D eigenvalue weighted by molar-refractivity contribution is 7.15. The van der Waals surface area contributed by atoms with Crippen LogP contribution in [0.4, 0.5) is 5.13 Å². The SMILES string of the molecule is COc1cccc(COC(C)C(=O)Nc2nnc(C3CC3)s2)c1. The van der Waals surface area contributed by atoms with E-state index >= 15 is 0 Å². The van der Waals surface area contributed by atoms with Crippen molar-refractivity contribution in [2.45, 2.75) is 38.4 Å². The second kappa shape index (κ2) is 7.06. The van der Waals surface area contributed by atoms with Crippen LogP contribution in [0, 0.1) is 0 Å². The molecule has 1 heterocycles. The summed E-state index contributed by atoms with van der Waals surface area (Å²) in [6.45, 7) is 2.06. The molecule has 2 aromatic rings. The van der Waals surface area contributed by atoms with Crippen LogP contribution in [-0.4, -0.2) is 29.3 Å². The zero-order valence-corrected chi connectivity index (χ0v) is 13.9. The zero-order chi connectivity index (χ0) is 16.2. The molecule has 23 heavy (non-hydrogen) atoms. The Morgan fingerprint density at radius 3 is 3.00 bits per heavy atom. The quantitative estimate of drug-likeness (QED) is 0.843. The fourth-order valence-corrected chi connectivity index (χ4v) is 2.96. The van der Waals surface area contributed by atoms with Gasteiger partial charge in [-0.3, -0.25) is 10.1 Å². The Kier molecular flexibility index (Phi) is 4.88. The Morgan fingerprint density at radius 2 is 2.26 bits per heavy atom. The molecule has 6 nitrogen and oxygen atoms in total. The Morgan fingerprint density at radius 1 is 1.43 bits per heavy atom. The van der Waals surface area contributed by atoms with Crippen molar-refractivity contribution in [1.82, 2.24) is 10.2 Å². The molecule has 1 fully saturated rings. The van der Waals surface area contributed by atoms with Crippen molar-refractivity contribution in [3.8, 4) is 5.75 Å². The molecule has 0 spiro atoms. The molecular formula is C16H19N3O3S. The molecule has 0 radical (unpaired) electrons. The van der Waals surface area contributed by atoms with Crippen molar-refractivity contribution in [3.05, 3.63) is 34.8 Å². The Hall–Kier alpha value is -1.99. The van der Waals surface area contributed by atoms with E-state index in [2.05, 4.69) is 15.5 Å². The number of methoxy groups -OCH3 is 1. The number of benzene rings is 1. The number of rotatable bonds is 7. The summed E-state index contributed by atoms with van der Waals surface area (Å²) in [6, 6.07) is 7.58. The third-order valence-electron chi connectivity index (χ3n) is 3.60.